The lowest BCUT2D eigenvalue weighted by Crippen LogP contribution is -2.41. The number of piperidine rings is 1. The Morgan fingerprint density at radius 2 is 2.45 bits per heavy atom. The number of H-pyrrole nitrogens is 1. The van der Waals surface area contributed by atoms with E-state index in [1.54, 1.807) is 17.5 Å². The van der Waals surface area contributed by atoms with Crippen molar-refractivity contribution in [2.45, 2.75) is 19.4 Å². The molecule has 3 aromatic heterocycles. The summed E-state index contributed by atoms with van der Waals surface area (Å²) in [4.78, 5) is 22.0. The van der Waals surface area contributed by atoms with Crippen LogP contribution in [-0.2, 0) is 6.54 Å². The Morgan fingerprint density at radius 1 is 1.50 bits per heavy atom. The van der Waals surface area contributed by atoms with Crippen LogP contribution >= 0.6 is 11.3 Å². The summed E-state index contributed by atoms with van der Waals surface area (Å²) < 4.78 is 3.25. The van der Waals surface area contributed by atoms with E-state index in [0.29, 0.717) is 11.6 Å². The van der Waals surface area contributed by atoms with Crippen molar-refractivity contribution in [1.29, 1.82) is 0 Å². The number of rotatable bonds is 3. The molecular weight excluding hydrogens is 296 g/mol. The van der Waals surface area contributed by atoms with Gasteiger partial charge < -0.3 is 14.5 Å². The van der Waals surface area contributed by atoms with Crippen LogP contribution in [0.15, 0.2) is 36.2 Å². The average Bonchev–Trinajstić information content (AvgIpc) is 3.23. The van der Waals surface area contributed by atoms with Crippen molar-refractivity contribution >= 4 is 27.5 Å². The minimum atomic E-state index is 0.124. The van der Waals surface area contributed by atoms with Crippen LogP contribution in [0.2, 0.25) is 0 Å². The van der Waals surface area contributed by atoms with Gasteiger partial charge in [0, 0.05) is 32.0 Å². The van der Waals surface area contributed by atoms with E-state index in [1.807, 2.05) is 34.9 Å². The summed E-state index contributed by atoms with van der Waals surface area (Å²) in [6.45, 7) is 2.61. The molecule has 4 rings (SSSR count). The number of carbonyl (C=O) groups excluding carboxylic acids is 1. The van der Waals surface area contributed by atoms with Crippen molar-refractivity contribution in [2.75, 3.05) is 13.1 Å². The molecule has 1 atom stereocenters. The van der Waals surface area contributed by atoms with Gasteiger partial charge in [-0.05, 0) is 36.3 Å². The summed E-state index contributed by atoms with van der Waals surface area (Å²) in [5.74, 6) is 0.627. The Kier molecular flexibility index (Phi) is 3.46. The quantitative estimate of drug-likeness (QED) is 0.808. The van der Waals surface area contributed by atoms with Gasteiger partial charge in [-0.2, -0.15) is 0 Å². The molecule has 114 valence electrons. The highest BCUT2D eigenvalue weighted by atomic mass is 32.1. The zero-order chi connectivity index (χ0) is 14.9. The smallest absolute Gasteiger partial charge is 0.270 e. The van der Waals surface area contributed by atoms with E-state index in [2.05, 4.69) is 14.5 Å². The van der Waals surface area contributed by atoms with Crippen LogP contribution < -0.4 is 0 Å². The first-order chi connectivity index (χ1) is 10.8. The van der Waals surface area contributed by atoms with Crippen LogP contribution in [0.25, 0.3) is 10.2 Å². The number of thiophene rings is 1. The summed E-state index contributed by atoms with van der Waals surface area (Å²) in [6.07, 6.45) is 7.87. The second kappa shape index (κ2) is 5.61. The third-order valence-electron chi connectivity index (χ3n) is 4.30. The Hall–Kier alpha value is -2.08. The van der Waals surface area contributed by atoms with Crippen molar-refractivity contribution in [3.63, 3.8) is 0 Å². The van der Waals surface area contributed by atoms with Gasteiger partial charge in [0.15, 0.2) is 0 Å². The molecule has 22 heavy (non-hydrogen) atoms. The van der Waals surface area contributed by atoms with Gasteiger partial charge >= 0.3 is 0 Å². The van der Waals surface area contributed by atoms with Crippen LogP contribution in [0, 0.1) is 5.92 Å². The second-order valence-corrected chi connectivity index (χ2v) is 6.85. The first kappa shape index (κ1) is 13.6. The van der Waals surface area contributed by atoms with Gasteiger partial charge in [-0.1, -0.05) is 0 Å². The number of fused-ring (bicyclic) bond motifs is 1. The van der Waals surface area contributed by atoms with Crippen LogP contribution in [0.1, 0.15) is 23.3 Å². The van der Waals surface area contributed by atoms with Crippen LogP contribution in [0.4, 0.5) is 0 Å². The zero-order valence-electron chi connectivity index (χ0n) is 12.2. The van der Waals surface area contributed by atoms with E-state index in [0.717, 1.165) is 36.3 Å². The van der Waals surface area contributed by atoms with E-state index in [1.165, 1.54) is 6.42 Å². The fraction of sp³-hybridized carbons (Fsp3) is 0.375. The fourth-order valence-electron chi connectivity index (χ4n) is 3.23. The third-order valence-corrected chi connectivity index (χ3v) is 5.17. The molecule has 1 fully saturated rings. The number of amides is 1. The van der Waals surface area contributed by atoms with Gasteiger partial charge in [0.05, 0.1) is 16.5 Å². The molecule has 1 amide bonds. The standard InChI is InChI=1S/C16H18N4OS/c21-16(14-8-15-13(18-14)3-7-22-15)20-5-1-2-12(10-20)9-19-6-4-17-11-19/h3-4,6-8,11-12,18H,1-2,5,9-10H2/t12-/m0/s1. The summed E-state index contributed by atoms with van der Waals surface area (Å²) in [7, 11) is 0. The van der Waals surface area contributed by atoms with E-state index >= 15 is 0 Å². The largest absolute Gasteiger partial charge is 0.350 e. The molecule has 0 bridgehead atoms. The van der Waals surface area contributed by atoms with Crippen molar-refractivity contribution in [3.8, 4) is 0 Å². The Labute approximate surface area is 132 Å². The molecule has 1 N–H and O–H groups in total. The maximum atomic E-state index is 12.7. The molecule has 0 saturated carbocycles. The number of nitrogens with zero attached hydrogens (tertiary/aromatic N) is 3. The minimum absolute atomic E-state index is 0.124. The maximum Gasteiger partial charge on any atom is 0.270 e. The predicted octanol–water partition coefficient (Wildman–Crippen LogP) is 2.98. The van der Waals surface area contributed by atoms with Crippen LogP contribution in [-0.4, -0.2) is 38.4 Å². The molecule has 0 aromatic carbocycles. The third kappa shape index (κ3) is 2.54. The van der Waals surface area contributed by atoms with E-state index in [-0.39, 0.29) is 5.91 Å². The molecule has 4 heterocycles. The number of hydrogen-bond donors (Lipinski definition) is 1. The molecule has 3 aromatic rings. The monoisotopic (exact) mass is 314 g/mol. The van der Waals surface area contributed by atoms with Gasteiger partial charge in [-0.25, -0.2) is 4.98 Å². The molecule has 1 saturated heterocycles. The SMILES string of the molecule is O=C(c1cc2sccc2[nH]1)N1CCC[C@@H](Cn2ccnc2)C1. The fourth-order valence-corrected chi connectivity index (χ4v) is 4.01. The zero-order valence-corrected chi connectivity index (χ0v) is 13.1. The topological polar surface area (TPSA) is 53.9 Å². The summed E-state index contributed by atoms with van der Waals surface area (Å²) in [5, 5.41) is 2.04. The summed E-state index contributed by atoms with van der Waals surface area (Å²) in [5.41, 5.74) is 1.77. The van der Waals surface area contributed by atoms with E-state index in [4.69, 9.17) is 0 Å². The maximum absolute atomic E-state index is 12.7. The highest BCUT2D eigenvalue weighted by molar-refractivity contribution is 7.17. The average molecular weight is 314 g/mol. The molecule has 5 nitrogen and oxygen atoms in total. The number of aromatic amines is 1. The first-order valence-corrected chi connectivity index (χ1v) is 8.49. The molecule has 0 radical (unpaired) electrons. The van der Waals surface area contributed by atoms with Gasteiger partial charge in [0.2, 0.25) is 0 Å². The van der Waals surface area contributed by atoms with Crippen molar-refractivity contribution in [1.82, 2.24) is 19.4 Å². The summed E-state index contributed by atoms with van der Waals surface area (Å²) in [6, 6.07) is 4.00. The summed E-state index contributed by atoms with van der Waals surface area (Å²) >= 11 is 1.66. The number of likely N-dealkylation sites (tertiary alicyclic amines) is 1. The van der Waals surface area contributed by atoms with E-state index in [9.17, 15) is 4.79 Å². The minimum Gasteiger partial charge on any atom is -0.350 e. The normalized spacial score (nSPS) is 18.9. The molecule has 6 heteroatoms. The lowest BCUT2D eigenvalue weighted by atomic mass is 9.97. The number of imidazole rings is 1. The lowest BCUT2D eigenvalue weighted by molar-refractivity contribution is 0.0657. The molecule has 1 aliphatic rings. The Morgan fingerprint density at radius 3 is 3.27 bits per heavy atom. The Balaban J connectivity index is 1.47. The molecule has 0 spiro atoms. The lowest BCUT2D eigenvalue weighted by Gasteiger charge is -2.32. The van der Waals surface area contributed by atoms with Gasteiger partial charge in [-0.15, -0.1) is 11.3 Å². The number of nitrogens with one attached hydrogen (secondary N) is 1. The Bertz CT molecular complexity index is 745. The van der Waals surface area contributed by atoms with Crippen LogP contribution in [0.5, 0.6) is 0 Å². The highest BCUT2D eigenvalue weighted by Crippen LogP contribution is 2.24. The second-order valence-electron chi connectivity index (χ2n) is 5.90. The number of hydrogen-bond acceptors (Lipinski definition) is 3. The highest BCUT2D eigenvalue weighted by Gasteiger charge is 2.25. The predicted molar refractivity (Wildman–Crippen MR) is 87.0 cm³/mol. The molecule has 1 aliphatic heterocycles. The van der Waals surface area contributed by atoms with Gasteiger partial charge in [0.25, 0.3) is 5.91 Å². The first-order valence-electron chi connectivity index (χ1n) is 7.61. The number of aromatic nitrogens is 3. The van der Waals surface area contributed by atoms with Crippen LogP contribution in [0.3, 0.4) is 0 Å². The van der Waals surface area contributed by atoms with Crippen molar-refractivity contribution < 1.29 is 4.79 Å². The molecular formula is C16H18N4OS. The molecule has 0 aliphatic carbocycles. The van der Waals surface area contributed by atoms with Crippen molar-refractivity contribution in [2.24, 2.45) is 5.92 Å². The van der Waals surface area contributed by atoms with Gasteiger partial charge in [0.1, 0.15) is 5.69 Å². The molecule has 0 unspecified atom stereocenters. The van der Waals surface area contributed by atoms with Crippen molar-refractivity contribution in [3.05, 3.63) is 41.9 Å². The number of carbonyl (C=O) groups is 1. The van der Waals surface area contributed by atoms with E-state index < -0.39 is 0 Å². The van der Waals surface area contributed by atoms with Gasteiger partial charge in [-0.3, -0.25) is 4.79 Å².